The number of hydrogen-bond acceptors (Lipinski definition) is 3. The fraction of sp³-hybridized carbons (Fsp3) is 1.00. The Morgan fingerprint density at radius 2 is 2.00 bits per heavy atom. The number of nitrogens with one attached hydrogen (secondary N) is 2. The van der Waals surface area contributed by atoms with Crippen molar-refractivity contribution in [3.63, 3.8) is 0 Å². The molecule has 0 bridgehead atoms. The minimum atomic E-state index is -0.141. The quantitative estimate of drug-likeness (QED) is 0.680. The first kappa shape index (κ1) is 13.3. The van der Waals surface area contributed by atoms with Crippen molar-refractivity contribution in [2.75, 3.05) is 26.2 Å². The van der Waals surface area contributed by atoms with Crippen LogP contribution in [0.4, 0.5) is 0 Å². The first-order valence-electron chi connectivity index (χ1n) is 7.39. The summed E-state index contributed by atoms with van der Waals surface area (Å²) < 4.78 is 0. The van der Waals surface area contributed by atoms with Gasteiger partial charge in [-0.3, -0.25) is 0 Å². The van der Waals surface area contributed by atoms with Crippen LogP contribution in [-0.4, -0.2) is 37.4 Å². The van der Waals surface area contributed by atoms with Gasteiger partial charge in [-0.2, -0.15) is 0 Å². The third-order valence-electron chi connectivity index (χ3n) is 4.61. The lowest BCUT2D eigenvalue weighted by atomic mass is 9.80. The van der Waals surface area contributed by atoms with E-state index >= 15 is 0 Å². The molecule has 0 aromatic rings. The van der Waals surface area contributed by atoms with Crippen LogP contribution < -0.4 is 10.6 Å². The molecule has 0 amide bonds. The van der Waals surface area contributed by atoms with Crippen molar-refractivity contribution >= 4 is 0 Å². The molecule has 0 aromatic heterocycles. The molecule has 100 valence electrons. The lowest BCUT2D eigenvalue weighted by Gasteiger charge is -2.29. The summed E-state index contributed by atoms with van der Waals surface area (Å²) in [6.45, 7) is 6.19. The largest absolute Gasteiger partial charge is 0.391 e. The van der Waals surface area contributed by atoms with Gasteiger partial charge in [0.05, 0.1) is 6.10 Å². The van der Waals surface area contributed by atoms with E-state index in [4.69, 9.17) is 0 Å². The molecule has 1 saturated carbocycles. The van der Waals surface area contributed by atoms with Crippen LogP contribution in [0.2, 0.25) is 0 Å². The second kappa shape index (κ2) is 6.72. The average Bonchev–Trinajstić information content (AvgIpc) is 2.76. The highest BCUT2D eigenvalue weighted by Crippen LogP contribution is 2.30. The number of rotatable bonds is 5. The molecular weight excluding hydrogens is 212 g/mol. The fourth-order valence-corrected chi connectivity index (χ4v) is 3.36. The summed E-state index contributed by atoms with van der Waals surface area (Å²) in [5.74, 6) is 2.26. The number of aliphatic hydroxyl groups excluding tert-OH is 1. The maximum atomic E-state index is 9.70. The van der Waals surface area contributed by atoms with E-state index in [0.29, 0.717) is 5.92 Å². The molecule has 1 aliphatic heterocycles. The molecule has 17 heavy (non-hydrogen) atoms. The van der Waals surface area contributed by atoms with Crippen molar-refractivity contribution in [3.8, 4) is 0 Å². The van der Waals surface area contributed by atoms with E-state index in [-0.39, 0.29) is 6.10 Å². The summed E-state index contributed by atoms with van der Waals surface area (Å²) >= 11 is 0. The summed E-state index contributed by atoms with van der Waals surface area (Å²) in [6, 6.07) is 0. The zero-order chi connectivity index (χ0) is 12.1. The lowest BCUT2D eigenvalue weighted by Crippen LogP contribution is -2.34. The molecular formula is C14H28N2O. The summed E-state index contributed by atoms with van der Waals surface area (Å²) in [6.07, 6.45) is 6.87. The van der Waals surface area contributed by atoms with Gasteiger partial charge >= 0.3 is 0 Å². The van der Waals surface area contributed by atoms with E-state index in [2.05, 4.69) is 17.6 Å². The van der Waals surface area contributed by atoms with Gasteiger partial charge in [0.15, 0.2) is 0 Å². The highest BCUT2D eigenvalue weighted by atomic mass is 16.3. The zero-order valence-electron chi connectivity index (χ0n) is 11.1. The van der Waals surface area contributed by atoms with Crippen molar-refractivity contribution in [3.05, 3.63) is 0 Å². The maximum absolute atomic E-state index is 9.70. The second-order valence-corrected chi connectivity index (χ2v) is 5.95. The molecule has 3 heteroatoms. The maximum Gasteiger partial charge on any atom is 0.0716 e. The predicted octanol–water partition coefficient (Wildman–Crippen LogP) is 1.37. The smallest absolute Gasteiger partial charge is 0.0716 e. The number of hydrogen-bond donors (Lipinski definition) is 3. The number of aliphatic hydroxyl groups is 1. The molecule has 0 spiro atoms. The van der Waals surface area contributed by atoms with Gasteiger partial charge in [-0.15, -0.1) is 0 Å². The van der Waals surface area contributed by atoms with Gasteiger partial charge in [0.25, 0.3) is 0 Å². The van der Waals surface area contributed by atoms with Gasteiger partial charge in [0.1, 0.15) is 0 Å². The summed E-state index contributed by atoms with van der Waals surface area (Å²) in [7, 11) is 0. The Bertz CT molecular complexity index is 222. The Kier molecular flexibility index (Phi) is 5.26. The van der Waals surface area contributed by atoms with E-state index in [0.717, 1.165) is 38.0 Å². The van der Waals surface area contributed by atoms with Gasteiger partial charge in [-0.1, -0.05) is 26.2 Å². The van der Waals surface area contributed by atoms with Crippen molar-refractivity contribution < 1.29 is 5.11 Å². The highest BCUT2D eigenvalue weighted by molar-refractivity contribution is 4.82. The molecule has 1 aliphatic carbocycles. The molecule has 1 heterocycles. The average molecular weight is 240 g/mol. The fourth-order valence-electron chi connectivity index (χ4n) is 3.36. The molecule has 0 radical (unpaired) electrons. The zero-order valence-corrected chi connectivity index (χ0v) is 11.1. The Hall–Kier alpha value is -0.120. The molecule has 4 atom stereocenters. The summed E-state index contributed by atoms with van der Waals surface area (Å²) in [4.78, 5) is 0. The lowest BCUT2D eigenvalue weighted by molar-refractivity contribution is 0.144. The number of β-amino-alcohol motifs (C(OH)–C–C–N with tert-alkyl or cyclic N) is 1. The van der Waals surface area contributed by atoms with E-state index in [1.807, 2.05) is 0 Å². The van der Waals surface area contributed by atoms with Gasteiger partial charge in [-0.25, -0.2) is 0 Å². The van der Waals surface area contributed by atoms with Gasteiger partial charge in [0.2, 0.25) is 0 Å². The van der Waals surface area contributed by atoms with E-state index in [1.54, 1.807) is 0 Å². The van der Waals surface area contributed by atoms with Gasteiger partial charge < -0.3 is 15.7 Å². The minimum absolute atomic E-state index is 0.141. The standard InChI is InChI=1S/C14H28N2O/c1-2-11-4-3-5-12(6-11)7-15-8-13-9-16-10-14(13)17/h11-17H,2-10H2,1H3. The van der Waals surface area contributed by atoms with Crippen LogP contribution >= 0.6 is 0 Å². The Labute approximate surface area is 105 Å². The van der Waals surface area contributed by atoms with Crippen LogP contribution in [-0.2, 0) is 0 Å². The summed E-state index contributed by atoms with van der Waals surface area (Å²) in [5, 5.41) is 16.5. The molecule has 0 aromatic carbocycles. The molecule has 3 nitrogen and oxygen atoms in total. The van der Waals surface area contributed by atoms with E-state index in [1.165, 1.54) is 32.1 Å². The van der Waals surface area contributed by atoms with E-state index in [9.17, 15) is 5.11 Å². The molecule has 2 fully saturated rings. The molecule has 3 N–H and O–H groups in total. The van der Waals surface area contributed by atoms with E-state index < -0.39 is 0 Å². The first-order chi connectivity index (χ1) is 8.29. The van der Waals surface area contributed by atoms with Crippen LogP contribution in [0, 0.1) is 17.8 Å². The van der Waals surface area contributed by atoms with Crippen LogP contribution in [0.5, 0.6) is 0 Å². The SMILES string of the molecule is CCC1CCCC(CNCC2CNCC2O)C1. The van der Waals surface area contributed by atoms with Crippen molar-refractivity contribution in [1.82, 2.24) is 10.6 Å². The van der Waals surface area contributed by atoms with Crippen molar-refractivity contribution in [1.29, 1.82) is 0 Å². The van der Waals surface area contributed by atoms with Gasteiger partial charge in [0, 0.05) is 25.6 Å². The van der Waals surface area contributed by atoms with Crippen LogP contribution in [0.1, 0.15) is 39.0 Å². The predicted molar refractivity (Wildman–Crippen MR) is 71.0 cm³/mol. The Balaban J connectivity index is 1.61. The van der Waals surface area contributed by atoms with Crippen LogP contribution in [0.3, 0.4) is 0 Å². The Morgan fingerprint density at radius 3 is 2.71 bits per heavy atom. The topological polar surface area (TPSA) is 44.3 Å². The third-order valence-corrected chi connectivity index (χ3v) is 4.61. The van der Waals surface area contributed by atoms with Crippen LogP contribution in [0.25, 0.3) is 0 Å². The van der Waals surface area contributed by atoms with Crippen molar-refractivity contribution in [2.24, 2.45) is 17.8 Å². The normalized spacial score (nSPS) is 38.5. The monoisotopic (exact) mass is 240 g/mol. The molecule has 1 saturated heterocycles. The molecule has 2 aliphatic rings. The second-order valence-electron chi connectivity index (χ2n) is 5.95. The minimum Gasteiger partial charge on any atom is -0.391 e. The van der Waals surface area contributed by atoms with Crippen LogP contribution in [0.15, 0.2) is 0 Å². The summed E-state index contributed by atoms with van der Waals surface area (Å²) in [5.41, 5.74) is 0. The highest BCUT2D eigenvalue weighted by Gasteiger charge is 2.25. The molecule has 2 rings (SSSR count). The van der Waals surface area contributed by atoms with Crippen molar-refractivity contribution in [2.45, 2.75) is 45.1 Å². The molecule has 4 unspecified atom stereocenters. The third kappa shape index (κ3) is 3.94. The first-order valence-corrected chi connectivity index (χ1v) is 7.39. The van der Waals surface area contributed by atoms with Gasteiger partial charge in [-0.05, 0) is 31.2 Å². The Morgan fingerprint density at radius 1 is 1.18 bits per heavy atom.